The predicted molar refractivity (Wildman–Crippen MR) is 44.2 cm³/mol. The van der Waals surface area contributed by atoms with Crippen LogP contribution in [0.1, 0.15) is 11.6 Å². The summed E-state index contributed by atoms with van der Waals surface area (Å²) >= 11 is 0. The molecule has 0 spiro atoms. The van der Waals surface area contributed by atoms with Crippen LogP contribution < -0.4 is 5.73 Å². The van der Waals surface area contributed by atoms with Crippen LogP contribution in [0, 0.1) is 17.5 Å². The summed E-state index contributed by atoms with van der Waals surface area (Å²) in [5.41, 5.74) is 3.42. The molecule has 18 heavy (non-hydrogen) atoms. The summed E-state index contributed by atoms with van der Waals surface area (Å²) in [5, 5.41) is 0. The minimum atomic E-state index is -5.99. The molecule has 0 radical (unpaired) electrons. The van der Waals surface area contributed by atoms with Gasteiger partial charge in [-0.1, -0.05) is 0 Å². The summed E-state index contributed by atoms with van der Waals surface area (Å²) in [7, 11) is 0. The zero-order valence-electron chi connectivity index (χ0n) is 8.33. The lowest BCUT2D eigenvalue weighted by Gasteiger charge is -2.26. The first-order valence-electron chi connectivity index (χ1n) is 4.33. The molecular formula is C9H5F8N. The molecule has 1 aromatic rings. The van der Waals surface area contributed by atoms with Crippen LogP contribution in [0.5, 0.6) is 0 Å². The Bertz CT molecular complexity index is 429. The second-order valence-corrected chi connectivity index (χ2v) is 3.40. The molecule has 1 nitrogen and oxygen atoms in total. The topological polar surface area (TPSA) is 26.0 Å². The highest BCUT2D eigenvalue weighted by Gasteiger charge is 2.61. The van der Waals surface area contributed by atoms with Gasteiger partial charge in [-0.05, 0) is 17.7 Å². The Morgan fingerprint density at radius 3 is 1.61 bits per heavy atom. The van der Waals surface area contributed by atoms with Crippen molar-refractivity contribution in [3.63, 3.8) is 0 Å². The van der Waals surface area contributed by atoms with Gasteiger partial charge in [0.2, 0.25) is 0 Å². The zero-order valence-corrected chi connectivity index (χ0v) is 8.33. The molecule has 1 atom stereocenters. The molecule has 0 unspecified atom stereocenters. The third-order valence-corrected chi connectivity index (χ3v) is 2.13. The highest BCUT2D eigenvalue weighted by atomic mass is 19.4. The van der Waals surface area contributed by atoms with E-state index < -0.39 is 41.2 Å². The Labute approximate surface area is 95.2 Å². The molecule has 0 aromatic heterocycles. The molecule has 0 aliphatic rings. The maximum Gasteiger partial charge on any atom is 0.455 e. The number of hydrogen-bond acceptors (Lipinski definition) is 1. The van der Waals surface area contributed by atoms with Crippen molar-refractivity contribution in [1.82, 2.24) is 0 Å². The summed E-state index contributed by atoms with van der Waals surface area (Å²) < 4.78 is 99.3. The number of nitrogens with two attached hydrogens (primary N) is 1. The van der Waals surface area contributed by atoms with Crippen LogP contribution in [0.25, 0.3) is 0 Å². The summed E-state index contributed by atoms with van der Waals surface area (Å²) in [4.78, 5) is 0. The van der Waals surface area contributed by atoms with E-state index in [1.165, 1.54) is 0 Å². The van der Waals surface area contributed by atoms with E-state index in [0.717, 1.165) is 0 Å². The predicted octanol–water partition coefficient (Wildman–Crippen LogP) is 3.30. The highest BCUT2D eigenvalue weighted by molar-refractivity contribution is 5.24. The fraction of sp³-hybridized carbons (Fsp3) is 0.333. The maximum absolute atomic E-state index is 12.8. The summed E-state index contributed by atoms with van der Waals surface area (Å²) in [6.07, 6.45) is -5.99. The van der Waals surface area contributed by atoms with Crippen molar-refractivity contribution in [2.24, 2.45) is 5.73 Å². The third kappa shape index (κ3) is 2.40. The Hall–Kier alpha value is -1.38. The molecule has 1 aromatic carbocycles. The summed E-state index contributed by atoms with van der Waals surface area (Å²) in [5.74, 6) is -11.2. The average Bonchev–Trinajstić information content (AvgIpc) is 2.22. The van der Waals surface area contributed by atoms with Crippen molar-refractivity contribution in [3.8, 4) is 0 Å². The van der Waals surface area contributed by atoms with E-state index in [1.807, 2.05) is 0 Å². The first-order valence-corrected chi connectivity index (χ1v) is 4.33. The monoisotopic (exact) mass is 279 g/mol. The maximum atomic E-state index is 12.8. The SMILES string of the molecule is N[C@@H](c1cc(F)c(F)c(F)c1)C(F)(F)C(F)(F)F. The number of benzene rings is 1. The minimum Gasteiger partial charge on any atom is -0.319 e. The van der Waals surface area contributed by atoms with Gasteiger partial charge < -0.3 is 5.73 Å². The van der Waals surface area contributed by atoms with E-state index >= 15 is 0 Å². The largest absolute Gasteiger partial charge is 0.455 e. The second kappa shape index (κ2) is 4.38. The average molecular weight is 279 g/mol. The molecular weight excluding hydrogens is 274 g/mol. The molecule has 0 bridgehead atoms. The van der Waals surface area contributed by atoms with Gasteiger partial charge in [-0.2, -0.15) is 22.0 Å². The molecule has 0 saturated carbocycles. The summed E-state index contributed by atoms with van der Waals surface area (Å²) in [6, 6.07) is -3.06. The molecule has 0 saturated heterocycles. The van der Waals surface area contributed by atoms with Crippen molar-refractivity contribution < 1.29 is 35.1 Å². The van der Waals surface area contributed by atoms with E-state index in [2.05, 4.69) is 5.73 Å². The van der Waals surface area contributed by atoms with Crippen molar-refractivity contribution in [3.05, 3.63) is 35.1 Å². The molecule has 0 fully saturated rings. The van der Waals surface area contributed by atoms with Gasteiger partial charge in [0.1, 0.15) is 6.04 Å². The quantitative estimate of drug-likeness (QED) is 0.652. The van der Waals surface area contributed by atoms with Gasteiger partial charge >= 0.3 is 12.1 Å². The van der Waals surface area contributed by atoms with Crippen molar-refractivity contribution in [2.75, 3.05) is 0 Å². The zero-order chi connectivity index (χ0) is 14.3. The first kappa shape index (κ1) is 14.7. The van der Waals surface area contributed by atoms with Crippen LogP contribution in [-0.2, 0) is 0 Å². The van der Waals surface area contributed by atoms with E-state index in [0.29, 0.717) is 0 Å². The van der Waals surface area contributed by atoms with Gasteiger partial charge in [-0.15, -0.1) is 0 Å². The molecule has 0 aliphatic heterocycles. The highest BCUT2D eigenvalue weighted by Crippen LogP contribution is 2.43. The van der Waals surface area contributed by atoms with Gasteiger partial charge in [-0.3, -0.25) is 0 Å². The number of halogens is 8. The van der Waals surface area contributed by atoms with E-state index in [9.17, 15) is 35.1 Å². The van der Waals surface area contributed by atoms with E-state index in [1.54, 1.807) is 0 Å². The van der Waals surface area contributed by atoms with Crippen LogP contribution in [0.3, 0.4) is 0 Å². The lowest BCUT2D eigenvalue weighted by molar-refractivity contribution is -0.291. The van der Waals surface area contributed by atoms with Crippen LogP contribution in [-0.4, -0.2) is 12.1 Å². The lowest BCUT2D eigenvalue weighted by Crippen LogP contribution is -2.45. The standard InChI is InChI=1S/C9H5F8N/c10-4-1-3(2-5(11)6(4)12)7(18)8(13,14)9(15,16)17/h1-2,7H,18H2/t7-/m0/s1. The smallest absolute Gasteiger partial charge is 0.319 e. The Balaban J connectivity index is 3.24. The Morgan fingerprint density at radius 2 is 1.28 bits per heavy atom. The van der Waals surface area contributed by atoms with Crippen LogP contribution in [0.15, 0.2) is 12.1 Å². The van der Waals surface area contributed by atoms with Gasteiger partial charge in [0, 0.05) is 0 Å². The molecule has 0 amide bonds. The number of alkyl halides is 5. The first-order chi connectivity index (χ1) is 7.98. The fourth-order valence-electron chi connectivity index (χ4n) is 1.14. The van der Waals surface area contributed by atoms with Gasteiger partial charge in [0.15, 0.2) is 17.5 Å². The minimum absolute atomic E-state index is 0.0112. The molecule has 102 valence electrons. The van der Waals surface area contributed by atoms with Gasteiger partial charge in [-0.25, -0.2) is 13.2 Å². The van der Waals surface area contributed by atoms with Crippen LogP contribution >= 0.6 is 0 Å². The fourth-order valence-corrected chi connectivity index (χ4v) is 1.14. The molecule has 9 heteroatoms. The third-order valence-electron chi connectivity index (χ3n) is 2.13. The van der Waals surface area contributed by atoms with E-state index in [-0.39, 0.29) is 12.1 Å². The van der Waals surface area contributed by atoms with Crippen molar-refractivity contribution in [2.45, 2.75) is 18.1 Å². The van der Waals surface area contributed by atoms with E-state index in [4.69, 9.17) is 0 Å². The molecule has 2 N–H and O–H groups in total. The molecule has 1 rings (SSSR count). The molecule has 0 heterocycles. The molecule has 0 aliphatic carbocycles. The van der Waals surface area contributed by atoms with Gasteiger partial charge in [0.25, 0.3) is 0 Å². The lowest BCUT2D eigenvalue weighted by atomic mass is 10.0. The Morgan fingerprint density at radius 1 is 0.889 bits per heavy atom. The number of rotatable bonds is 2. The van der Waals surface area contributed by atoms with Crippen LogP contribution in [0.2, 0.25) is 0 Å². The normalized spacial score (nSPS) is 14.7. The Kier molecular flexibility index (Phi) is 3.57. The number of hydrogen-bond donors (Lipinski definition) is 1. The second-order valence-electron chi connectivity index (χ2n) is 3.40. The van der Waals surface area contributed by atoms with Gasteiger partial charge in [0.05, 0.1) is 0 Å². The van der Waals surface area contributed by atoms with Crippen molar-refractivity contribution in [1.29, 1.82) is 0 Å². The van der Waals surface area contributed by atoms with Crippen LogP contribution in [0.4, 0.5) is 35.1 Å². The van der Waals surface area contributed by atoms with Crippen molar-refractivity contribution >= 4 is 0 Å². The summed E-state index contributed by atoms with van der Waals surface area (Å²) in [6.45, 7) is 0.